The minimum Gasteiger partial charge on any atom is -0.508 e. The van der Waals surface area contributed by atoms with E-state index in [4.69, 9.17) is 20.9 Å². The number of aromatic hydroxyl groups is 1. The molecule has 0 radical (unpaired) electrons. The summed E-state index contributed by atoms with van der Waals surface area (Å²) in [6, 6.07) is 18.2. The molecule has 0 heterocycles. The fraction of sp³-hybridized carbons (Fsp3) is 0.286. The molecule has 0 unspecified atom stereocenters. The molecule has 0 spiro atoms. The smallest absolute Gasteiger partial charge is 0.257 e. The van der Waals surface area contributed by atoms with E-state index >= 15 is 0 Å². The second kappa shape index (κ2) is 14.5. The van der Waals surface area contributed by atoms with E-state index in [2.05, 4.69) is 10.6 Å². The summed E-state index contributed by atoms with van der Waals surface area (Å²) in [5, 5.41) is 15.1. The maximum Gasteiger partial charge on any atom is 0.257 e. The Balaban J connectivity index is 1.70. The lowest BCUT2D eigenvalue weighted by Gasteiger charge is -2.14. The Kier molecular flexibility index (Phi) is 10.8. The summed E-state index contributed by atoms with van der Waals surface area (Å²) in [5.41, 5.74) is 12.3. The lowest BCUT2D eigenvalue weighted by molar-refractivity contribution is -0.116. The van der Waals surface area contributed by atoms with Crippen LogP contribution in [0.4, 0.5) is 11.4 Å². The molecule has 0 saturated carbocycles. The van der Waals surface area contributed by atoms with Gasteiger partial charge in [-0.15, -0.1) is 0 Å². The molecule has 0 aliphatic carbocycles. The predicted octanol–water partition coefficient (Wildman–Crippen LogP) is 4.62. The van der Waals surface area contributed by atoms with Crippen molar-refractivity contribution < 1.29 is 24.2 Å². The van der Waals surface area contributed by atoms with E-state index in [-0.39, 0.29) is 17.2 Å². The van der Waals surface area contributed by atoms with Gasteiger partial charge in [0.05, 0.1) is 17.9 Å². The van der Waals surface area contributed by atoms with Gasteiger partial charge in [0.25, 0.3) is 5.91 Å². The number of phenolic OH excluding ortho intramolecular Hbond substituents is 1. The summed E-state index contributed by atoms with van der Waals surface area (Å²) >= 11 is 0. The van der Waals surface area contributed by atoms with Gasteiger partial charge in [-0.3, -0.25) is 9.59 Å². The quantitative estimate of drug-likeness (QED) is 0.200. The summed E-state index contributed by atoms with van der Waals surface area (Å²) in [7, 11) is 0. The van der Waals surface area contributed by atoms with Crippen LogP contribution < -0.4 is 31.6 Å². The van der Waals surface area contributed by atoms with Gasteiger partial charge < -0.3 is 36.7 Å². The molecular formula is C28H34N4O5. The average molecular weight is 507 g/mol. The SMILES string of the molecule is NCCCCCC(=O)Nc1ccc(OCCCN)cc1C(=O)Nc1ccc(Oc2ccc(O)cc2)cc1. The van der Waals surface area contributed by atoms with Crippen molar-refractivity contribution in [1.82, 2.24) is 0 Å². The number of carbonyl (C=O) groups excluding carboxylic acids is 2. The van der Waals surface area contributed by atoms with Gasteiger partial charge in [-0.05, 0) is 99.1 Å². The maximum absolute atomic E-state index is 13.2. The Hall–Kier alpha value is -4.08. The van der Waals surface area contributed by atoms with Crippen molar-refractivity contribution in [2.24, 2.45) is 11.5 Å². The Morgan fingerprint density at radius 1 is 0.757 bits per heavy atom. The Labute approximate surface area is 216 Å². The monoisotopic (exact) mass is 506 g/mol. The number of nitrogens with one attached hydrogen (secondary N) is 2. The third-order valence-corrected chi connectivity index (χ3v) is 5.42. The highest BCUT2D eigenvalue weighted by Crippen LogP contribution is 2.27. The van der Waals surface area contributed by atoms with Crippen molar-refractivity contribution in [1.29, 1.82) is 0 Å². The topological polar surface area (TPSA) is 149 Å². The first kappa shape index (κ1) is 27.5. The van der Waals surface area contributed by atoms with Gasteiger partial charge >= 0.3 is 0 Å². The molecule has 9 heteroatoms. The van der Waals surface area contributed by atoms with Gasteiger partial charge in [0, 0.05) is 12.1 Å². The minimum atomic E-state index is -0.394. The number of phenols is 1. The zero-order valence-corrected chi connectivity index (χ0v) is 20.7. The second-order valence-electron chi connectivity index (χ2n) is 8.42. The zero-order valence-electron chi connectivity index (χ0n) is 20.7. The summed E-state index contributed by atoms with van der Waals surface area (Å²) in [5.74, 6) is 1.25. The van der Waals surface area contributed by atoms with E-state index in [1.165, 1.54) is 12.1 Å². The standard InChI is InChI=1S/C28H34N4O5/c29-16-3-1-2-5-27(34)32-26-15-14-24(36-18-4-17-30)19-25(26)28(35)31-20-6-10-22(11-7-20)37-23-12-8-21(33)9-13-23/h6-15,19,33H,1-5,16-18,29-30H2,(H,31,35)(H,32,34). The number of rotatable bonds is 14. The highest BCUT2D eigenvalue weighted by Gasteiger charge is 2.16. The first-order valence-electron chi connectivity index (χ1n) is 12.3. The van der Waals surface area contributed by atoms with Gasteiger partial charge in [0.15, 0.2) is 0 Å². The number of anilines is 2. The molecular weight excluding hydrogens is 472 g/mol. The van der Waals surface area contributed by atoms with Crippen LogP contribution in [0.1, 0.15) is 42.5 Å². The lowest BCUT2D eigenvalue weighted by atomic mass is 10.1. The van der Waals surface area contributed by atoms with E-state index < -0.39 is 5.91 Å². The molecule has 3 aromatic carbocycles. The summed E-state index contributed by atoms with van der Waals surface area (Å²) in [6.07, 6.45) is 3.50. The average Bonchev–Trinajstić information content (AvgIpc) is 2.90. The maximum atomic E-state index is 13.2. The number of nitrogens with two attached hydrogens (primary N) is 2. The molecule has 37 heavy (non-hydrogen) atoms. The number of unbranched alkanes of at least 4 members (excludes halogenated alkanes) is 2. The van der Waals surface area contributed by atoms with Crippen molar-refractivity contribution in [3.63, 3.8) is 0 Å². The fourth-order valence-corrected chi connectivity index (χ4v) is 3.46. The van der Waals surface area contributed by atoms with E-state index in [9.17, 15) is 14.7 Å². The molecule has 0 saturated heterocycles. The molecule has 9 nitrogen and oxygen atoms in total. The van der Waals surface area contributed by atoms with Crippen LogP contribution in [0.25, 0.3) is 0 Å². The number of hydrogen-bond donors (Lipinski definition) is 5. The van der Waals surface area contributed by atoms with Crippen molar-refractivity contribution in [3.8, 4) is 23.0 Å². The van der Waals surface area contributed by atoms with Gasteiger partial charge in [-0.25, -0.2) is 0 Å². The van der Waals surface area contributed by atoms with Crippen molar-refractivity contribution >= 4 is 23.2 Å². The Bertz CT molecular complexity index is 1150. The number of benzene rings is 3. The molecule has 3 rings (SSSR count). The lowest BCUT2D eigenvalue weighted by Crippen LogP contribution is -2.18. The minimum absolute atomic E-state index is 0.154. The molecule has 0 aliphatic heterocycles. The van der Waals surface area contributed by atoms with Crippen LogP contribution in [-0.2, 0) is 4.79 Å². The van der Waals surface area contributed by atoms with Crippen LogP contribution >= 0.6 is 0 Å². The van der Waals surface area contributed by atoms with Gasteiger partial charge in [-0.1, -0.05) is 6.42 Å². The van der Waals surface area contributed by atoms with E-state index in [1.807, 2.05) is 0 Å². The highest BCUT2D eigenvalue weighted by molar-refractivity contribution is 6.10. The molecule has 2 amide bonds. The third-order valence-electron chi connectivity index (χ3n) is 5.42. The highest BCUT2D eigenvalue weighted by atomic mass is 16.5. The van der Waals surface area contributed by atoms with Crippen molar-refractivity contribution in [3.05, 3.63) is 72.3 Å². The largest absolute Gasteiger partial charge is 0.508 e. The summed E-state index contributed by atoms with van der Waals surface area (Å²) < 4.78 is 11.4. The van der Waals surface area contributed by atoms with E-state index in [1.54, 1.807) is 54.6 Å². The first-order chi connectivity index (χ1) is 18.0. The Morgan fingerprint density at radius 2 is 1.41 bits per heavy atom. The van der Waals surface area contributed by atoms with Crippen LogP contribution in [0.3, 0.4) is 0 Å². The summed E-state index contributed by atoms with van der Waals surface area (Å²) in [4.78, 5) is 25.7. The van der Waals surface area contributed by atoms with Crippen LogP contribution in [0, 0.1) is 0 Å². The first-order valence-corrected chi connectivity index (χ1v) is 12.3. The van der Waals surface area contributed by atoms with Crippen LogP contribution in [0.2, 0.25) is 0 Å². The normalized spacial score (nSPS) is 10.5. The van der Waals surface area contributed by atoms with Gasteiger partial charge in [-0.2, -0.15) is 0 Å². The molecule has 0 fully saturated rings. The van der Waals surface area contributed by atoms with E-state index in [0.717, 1.165) is 19.3 Å². The second-order valence-corrected chi connectivity index (χ2v) is 8.42. The van der Waals surface area contributed by atoms with Crippen LogP contribution in [0.5, 0.6) is 23.0 Å². The fourth-order valence-electron chi connectivity index (χ4n) is 3.46. The molecule has 0 atom stereocenters. The van der Waals surface area contributed by atoms with Crippen molar-refractivity contribution in [2.75, 3.05) is 30.3 Å². The number of carbonyl (C=O) groups is 2. The number of amides is 2. The number of hydrogen-bond acceptors (Lipinski definition) is 7. The van der Waals surface area contributed by atoms with Crippen LogP contribution in [-0.4, -0.2) is 36.6 Å². The van der Waals surface area contributed by atoms with E-state index in [0.29, 0.717) is 61.2 Å². The predicted molar refractivity (Wildman–Crippen MR) is 144 cm³/mol. The molecule has 196 valence electrons. The number of ether oxygens (including phenoxy) is 2. The molecule has 7 N–H and O–H groups in total. The molecule has 0 bridgehead atoms. The molecule has 0 aliphatic rings. The molecule has 3 aromatic rings. The van der Waals surface area contributed by atoms with Gasteiger partial charge in [0.1, 0.15) is 23.0 Å². The Morgan fingerprint density at radius 3 is 2.08 bits per heavy atom. The van der Waals surface area contributed by atoms with Crippen LogP contribution in [0.15, 0.2) is 66.7 Å². The van der Waals surface area contributed by atoms with Crippen molar-refractivity contribution in [2.45, 2.75) is 32.1 Å². The van der Waals surface area contributed by atoms with Gasteiger partial charge in [0.2, 0.25) is 5.91 Å². The summed E-state index contributed by atoms with van der Waals surface area (Å²) in [6.45, 7) is 1.52. The third kappa shape index (κ3) is 9.14. The molecule has 0 aromatic heterocycles. The zero-order chi connectivity index (χ0) is 26.5.